The van der Waals surface area contributed by atoms with Crippen LogP contribution in [0.2, 0.25) is 0 Å². The Bertz CT molecular complexity index is 352. The van der Waals surface area contributed by atoms with Gasteiger partial charge in [0, 0.05) is 13.2 Å². The smallest absolute Gasteiger partial charge is 0.223 e. The van der Waals surface area contributed by atoms with Crippen molar-refractivity contribution in [2.24, 2.45) is 0 Å². The van der Waals surface area contributed by atoms with Crippen molar-refractivity contribution >= 4 is 5.91 Å². The van der Waals surface area contributed by atoms with E-state index in [2.05, 4.69) is 5.32 Å². The van der Waals surface area contributed by atoms with Crippen molar-refractivity contribution in [2.45, 2.75) is 32.8 Å². The van der Waals surface area contributed by atoms with Crippen LogP contribution in [0.4, 0.5) is 0 Å². The fourth-order valence-corrected chi connectivity index (χ4v) is 1.49. The van der Waals surface area contributed by atoms with Gasteiger partial charge in [-0.3, -0.25) is 4.79 Å². The molecule has 0 bridgehead atoms. The summed E-state index contributed by atoms with van der Waals surface area (Å²) in [5, 5.41) is 2.84. The predicted molar refractivity (Wildman–Crippen MR) is 75.3 cm³/mol. The summed E-state index contributed by atoms with van der Waals surface area (Å²) in [5.41, 5.74) is 0. The molecule has 106 valence electrons. The van der Waals surface area contributed by atoms with Gasteiger partial charge in [0.05, 0.1) is 19.1 Å². The highest BCUT2D eigenvalue weighted by atomic mass is 16.5. The minimum atomic E-state index is 0.0143. The summed E-state index contributed by atoms with van der Waals surface area (Å²) in [7, 11) is 0. The van der Waals surface area contributed by atoms with Gasteiger partial charge in [0.15, 0.2) is 0 Å². The van der Waals surface area contributed by atoms with Gasteiger partial charge in [-0.15, -0.1) is 0 Å². The van der Waals surface area contributed by atoms with Gasteiger partial charge in [0.2, 0.25) is 5.91 Å². The lowest BCUT2D eigenvalue weighted by Crippen LogP contribution is -2.26. The molecule has 0 aromatic heterocycles. The first-order chi connectivity index (χ1) is 9.18. The first kappa shape index (κ1) is 15.5. The Morgan fingerprint density at radius 2 is 1.95 bits per heavy atom. The zero-order valence-electron chi connectivity index (χ0n) is 11.7. The molecule has 19 heavy (non-hydrogen) atoms. The molecule has 0 saturated carbocycles. The van der Waals surface area contributed by atoms with Crippen LogP contribution in [-0.2, 0) is 9.53 Å². The van der Waals surface area contributed by atoms with Gasteiger partial charge in [-0.05, 0) is 32.4 Å². The quantitative estimate of drug-likeness (QED) is 0.697. The molecule has 0 radical (unpaired) electrons. The highest BCUT2D eigenvalue weighted by Crippen LogP contribution is 2.08. The molecule has 0 spiro atoms. The van der Waals surface area contributed by atoms with Crippen LogP contribution in [-0.4, -0.2) is 31.8 Å². The summed E-state index contributed by atoms with van der Waals surface area (Å²) < 4.78 is 10.8. The number of nitrogens with one attached hydrogen (secondary N) is 1. The maximum atomic E-state index is 11.5. The largest absolute Gasteiger partial charge is 0.493 e. The molecular weight excluding hydrogens is 242 g/mol. The number of hydrogen-bond donors (Lipinski definition) is 1. The molecule has 0 atom stereocenters. The van der Waals surface area contributed by atoms with E-state index in [0.717, 1.165) is 12.2 Å². The Balaban J connectivity index is 1.99. The lowest BCUT2D eigenvalue weighted by Gasteiger charge is -2.09. The van der Waals surface area contributed by atoms with Gasteiger partial charge in [0.25, 0.3) is 0 Å². The Morgan fingerprint density at radius 3 is 2.63 bits per heavy atom. The van der Waals surface area contributed by atoms with E-state index in [1.807, 2.05) is 44.2 Å². The number of carbonyl (C=O) groups excluding carboxylic acids is 1. The summed E-state index contributed by atoms with van der Waals surface area (Å²) in [6.45, 7) is 5.73. The second kappa shape index (κ2) is 9.39. The van der Waals surface area contributed by atoms with Crippen LogP contribution in [0.25, 0.3) is 0 Å². The molecule has 1 aromatic rings. The van der Waals surface area contributed by atoms with Gasteiger partial charge in [-0.25, -0.2) is 0 Å². The van der Waals surface area contributed by atoms with E-state index < -0.39 is 0 Å². The third-order valence-electron chi connectivity index (χ3n) is 2.44. The van der Waals surface area contributed by atoms with E-state index in [9.17, 15) is 4.79 Å². The third kappa shape index (κ3) is 8.21. The summed E-state index contributed by atoms with van der Waals surface area (Å²) in [6.07, 6.45) is 1.46. The molecule has 0 aliphatic carbocycles. The Labute approximate surface area is 115 Å². The predicted octanol–water partition coefficient (Wildman–Crippen LogP) is 2.39. The highest BCUT2D eigenvalue weighted by Gasteiger charge is 2.01. The normalized spacial score (nSPS) is 10.5. The summed E-state index contributed by atoms with van der Waals surface area (Å²) in [6, 6.07) is 9.50. The minimum Gasteiger partial charge on any atom is -0.493 e. The molecule has 4 heteroatoms. The number of para-hydroxylation sites is 1. The van der Waals surface area contributed by atoms with Crippen LogP contribution < -0.4 is 10.1 Å². The third-order valence-corrected chi connectivity index (χ3v) is 2.44. The van der Waals surface area contributed by atoms with E-state index in [-0.39, 0.29) is 12.0 Å². The van der Waals surface area contributed by atoms with Crippen LogP contribution in [0.1, 0.15) is 26.7 Å². The standard InChI is InChI=1S/C15H23NO3/c1-13(2)18-11-6-10-16-15(17)9-12-19-14-7-4-3-5-8-14/h3-5,7-8,13H,6,9-12H2,1-2H3,(H,16,17). The van der Waals surface area contributed by atoms with Crippen molar-refractivity contribution in [3.63, 3.8) is 0 Å². The van der Waals surface area contributed by atoms with E-state index in [4.69, 9.17) is 9.47 Å². The molecule has 1 amide bonds. The second-order valence-corrected chi connectivity index (χ2v) is 4.53. The first-order valence-electron chi connectivity index (χ1n) is 6.74. The van der Waals surface area contributed by atoms with Crippen molar-refractivity contribution in [1.82, 2.24) is 5.32 Å². The molecule has 0 heterocycles. The summed E-state index contributed by atoms with van der Waals surface area (Å²) in [5.74, 6) is 0.807. The fraction of sp³-hybridized carbons (Fsp3) is 0.533. The van der Waals surface area contributed by atoms with Crippen molar-refractivity contribution < 1.29 is 14.3 Å². The summed E-state index contributed by atoms with van der Waals surface area (Å²) >= 11 is 0. The van der Waals surface area contributed by atoms with Crippen LogP contribution >= 0.6 is 0 Å². The van der Waals surface area contributed by atoms with Crippen LogP contribution in [0, 0.1) is 0 Å². The monoisotopic (exact) mass is 265 g/mol. The van der Waals surface area contributed by atoms with Gasteiger partial charge < -0.3 is 14.8 Å². The molecule has 1 N–H and O–H groups in total. The van der Waals surface area contributed by atoms with Gasteiger partial charge in [0.1, 0.15) is 5.75 Å². The zero-order chi connectivity index (χ0) is 13.9. The van der Waals surface area contributed by atoms with E-state index in [1.165, 1.54) is 0 Å². The molecule has 0 aliphatic heterocycles. The van der Waals surface area contributed by atoms with Gasteiger partial charge in [-0.1, -0.05) is 18.2 Å². The molecular formula is C15H23NO3. The molecule has 1 aromatic carbocycles. The van der Waals surface area contributed by atoms with Crippen molar-refractivity contribution in [3.8, 4) is 5.75 Å². The number of amides is 1. The highest BCUT2D eigenvalue weighted by molar-refractivity contribution is 5.75. The average Bonchev–Trinajstić information content (AvgIpc) is 2.39. The molecule has 0 unspecified atom stereocenters. The van der Waals surface area contributed by atoms with E-state index in [0.29, 0.717) is 26.2 Å². The molecule has 0 aliphatic rings. The number of carbonyl (C=O) groups is 1. The van der Waals surface area contributed by atoms with E-state index in [1.54, 1.807) is 0 Å². The van der Waals surface area contributed by atoms with Crippen LogP contribution in [0.15, 0.2) is 30.3 Å². The number of benzene rings is 1. The zero-order valence-corrected chi connectivity index (χ0v) is 11.7. The minimum absolute atomic E-state index is 0.0143. The lowest BCUT2D eigenvalue weighted by molar-refractivity contribution is -0.121. The number of ether oxygens (including phenoxy) is 2. The van der Waals surface area contributed by atoms with E-state index >= 15 is 0 Å². The fourth-order valence-electron chi connectivity index (χ4n) is 1.49. The second-order valence-electron chi connectivity index (χ2n) is 4.53. The maximum absolute atomic E-state index is 11.5. The van der Waals surface area contributed by atoms with Crippen molar-refractivity contribution in [2.75, 3.05) is 19.8 Å². The summed E-state index contributed by atoms with van der Waals surface area (Å²) in [4.78, 5) is 11.5. The molecule has 4 nitrogen and oxygen atoms in total. The van der Waals surface area contributed by atoms with Gasteiger partial charge >= 0.3 is 0 Å². The Morgan fingerprint density at radius 1 is 1.21 bits per heavy atom. The van der Waals surface area contributed by atoms with Crippen LogP contribution in [0.3, 0.4) is 0 Å². The van der Waals surface area contributed by atoms with Crippen molar-refractivity contribution in [1.29, 1.82) is 0 Å². The SMILES string of the molecule is CC(C)OCCCNC(=O)CCOc1ccccc1. The van der Waals surface area contributed by atoms with Gasteiger partial charge in [-0.2, -0.15) is 0 Å². The topological polar surface area (TPSA) is 47.6 Å². The average molecular weight is 265 g/mol. The maximum Gasteiger partial charge on any atom is 0.223 e. The Hall–Kier alpha value is -1.55. The Kier molecular flexibility index (Phi) is 7.66. The molecule has 1 rings (SSSR count). The lowest BCUT2D eigenvalue weighted by atomic mass is 10.3. The number of rotatable bonds is 9. The van der Waals surface area contributed by atoms with Crippen LogP contribution in [0.5, 0.6) is 5.75 Å². The first-order valence-corrected chi connectivity index (χ1v) is 6.74. The number of hydrogen-bond acceptors (Lipinski definition) is 3. The molecule has 0 fully saturated rings. The molecule has 0 saturated heterocycles. The van der Waals surface area contributed by atoms with Crippen molar-refractivity contribution in [3.05, 3.63) is 30.3 Å².